The Morgan fingerprint density at radius 2 is 1.96 bits per heavy atom. The van der Waals surface area contributed by atoms with Crippen LogP contribution in [-0.4, -0.2) is 42.0 Å². The van der Waals surface area contributed by atoms with Crippen LogP contribution in [0, 0.1) is 0 Å². The summed E-state index contributed by atoms with van der Waals surface area (Å²) in [5.41, 5.74) is 3.80. The lowest BCUT2D eigenvalue weighted by atomic mass is 10.1. The van der Waals surface area contributed by atoms with E-state index in [2.05, 4.69) is 55.2 Å². The summed E-state index contributed by atoms with van der Waals surface area (Å²) in [7, 11) is 0. The van der Waals surface area contributed by atoms with Gasteiger partial charge in [0, 0.05) is 30.2 Å². The zero-order chi connectivity index (χ0) is 20.3. The summed E-state index contributed by atoms with van der Waals surface area (Å²) in [6.45, 7) is 17.5. The van der Waals surface area contributed by atoms with Gasteiger partial charge >= 0.3 is 0 Å². The highest BCUT2D eigenvalue weighted by molar-refractivity contribution is 5.93. The van der Waals surface area contributed by atoms with Crippen LogP contribution in [0.15, 0.2) is 48.1 Å². The molecule has 2 aromatic rings. The van der Waals surface area contributed by atoms with Crippen molar-refractivity contribution in [2.45, 2.75) is 39.9 Å². The first kappa shape index (κ1) is 20.0. The number of hydrogen-bond acceptors (Lipinski definition) is 5. The number of morpholine rings is 1. The Labute approximate surface area is 167 Å². The molecule has 0 N–H and O–H groups in total. The van der Waals surface area contributed by atoms with Crippen molar-refractivity contribution in [1.29, 1.82) is 0 Å². The van der Waals surface area contributed by atoms with Crippen molar-refractivity contribution in [3.63, 3.8) is 0 Å². The second-order valence-corrected chi connectivity index (χ2v) is 7.28. The molecule has 146 valence electrons. The predicted octanol–water partition coefficient (Wildman–Crippen LogP) is 4.89. The number of allylic oxidation sites excluding steroid dienone is 4. The van der Waals surface area contributed by atoms with E-state index < -0.39 is 0 Å². The van der Waals surface area contributed by atoms with Gasteiger partial charge < -0.3 is 9.64 Å². The third kappa shape index (κ3) is 4.20. The fraction of sp³-hybridized carbons (Fsp3) is 0.348. The Balaban J connectivity index is 2.18. The molecular formula is C23H28N4O. The van der Waals surface area contributed by atoms with Crippen molar-refractivity contribution in [2.75, 3.05) is 18.0 Å². The molecule has 2 heterocycles. The third-order valence-corrected chi connectivity index (χ3v) is 4.79. The summed E-state index contributed by atoms with van der Waals surface area (Å²) >= 11 is 0. The van der Waals surface area contributed by atoms with Crippen LogP contribution in [0.3, 0.4) is 0 Å². The monoisotopic (exact) mass is 376 g/mol. The van der Waals surface area contributed by atoms with E-state index in [-0.39, 0.29) is 12.2 Å². The average molecular weight is 377 g/mol. The van der Waals surface area contributed by atoms with Gasteiger partial charge in [-0.2, -0.15) is 0 Å². The number of aromatic nitrogens is 2. The van der Waals surface area contributed by atoms with Gasteiger partial charge in [0.25, 0.3) is 0 Å². The second kappa shape index (κ2) is 8.48. The highest BCUT2D eigenvalue weighted by atomic mass is 16.5. The quantitative estimate of drug-likeness (QED) is 0.550. The fourth-order valence-electron chi connectivity index (χ4n) is 3.58. The zero-order valence-electron chi connectivity index (χ0n) is 17.1. The van der Waals surface area contributed by atoms with Crippen molar-refractivity contribution in [3.8, 4) is 0 Å². The van der Waals surface area contributed by atoms with E-state index in [1.165, 1.54) is 0 Å². The van der Waals surface area contributed by atoms with Gasteiger partial charge in [-0.1, -0.05) is 24.8 Å². The molecular weight excluding hydrogens is 348 g/mol. The molecule has 1 aromatic heterocycles. The van der Waals surface area contributed by atoms with Crippen molar-refractivity contribution < 1.29 is 4.74 Å². The number of rotatable bonds is 5. The number of benzene rings is 1. The Hall–Kier alpha value is -2.79. The summed E-state index contributed by atoms with van der Waals surface area (Å²) in [6.07, 6.45) is 5.95. The number of hydrogen-bond donors (Lipinski definition) is 0. The number of aliphatic imine (C=N–C) groups is 1. The minimum absolute atomic E-state index is 0.152. The van der Waals surface area contributed by atoms with Gasteiger partial charge in [-0.3, -0.25) is 4.99 Å². The van der Waals surface area contributed by atoms with Gasteiger partial charge in [-0.25, -0.2) is 9.97 Å². The molecule has 5 heteroatoms. The molecule has 3 rings (SSSR count). The Kier molecular flexibility index (Phi) is 6.05. The normalized spacial score (nSPS) is 20.7. The molecule has 0 saturated carbocycles. The number of ether oxygens (including phenoxy) is 1. The van der Waals surface area contributed by atoms with Crippen molar-refractivity contribution in [3.05, 3.63) is 54.5 Å². The first-order chi connectivity index (χ1) is 13.4. The van der Waals surface area contributed by atoms with Crippen LogP contribution in [0.2, 0.25) is 0 Å². The van der Waals surface area contributed by atoms with Gasteiger partial charge in [0.15, 0.2) is 5.82 Å². The lowest BCUT2D eigenvalue weighted by Gasteiger charge is -2.36. The van der Waals surface area contributed by atoms with Crippen LogP contribution >= 0.6 is 0 Å². The molecule has 1 aliphatic rings. The molecule has 0 bridgehead atoms. The van der Waals surface area contributed by atoms with Gasteiger partial charge in [0.2, 0.25) is 0 Å². The average Bonchev–Trinajstić information content (AvgIpc) is 2.66. The van der Waals surface area contributed by atoms with Crippen LogP contribution in [-0.2, 0) is 4.74 Å². The van der Waals surface area contributed by atoms with E-state index in [0.717, 1.165) is 46.5 Å². The predicted molar refractivity (Wildman–Crippen MR) is 119 cm³/mol. The minimum atomic E-state index is 0.152. The molecule has 0 spiro atoms. The van der Waals surface area contributed by atoms with Crippen LogP contribution in [0.1, 0.15) is 39.1 Å². The maximum Gasteiger partial charge on any atom is 0.161 e. The molecule has 0 amide bonds. The van der Waals surface area contributed by atoms with Crippen LogP contribution < -0.4 is 4.90 Å². The van der Waals surface area contributed by atoms with E-state index in [1.54, 1.807) is 6.20 Å². The molecule has 1 aromatic carbocycles. The van der Waals surface area contributed by atoms with E-state index in [9.17, 15) is 0 Å². The first-order valence-electron chi connectivity index (χ1n) is 9.60. The SMILES string of the molecule is C=NC=C(C)c1ccc2c(N3CC(C)OC(C)C3)nc(C(=C)C=CC)nc2c1. The number of anilines is 1. The molecule has 28 heavy (non-hydrogen) atoms. The smallest absolute Gasteiger partial charge is 0.161 e. The number of nitrogens with zero attached hydrogens (tertiary/aromatic N) is 4. The maximum absolute atomic E-state index is 5.91. The van der Waals surface area contributed by atoms with Gasteiger partial charge in [-0.15, -0.1) is 0 Å². The Bertz CT molecular complexity index is 950. The van der Waals surface area contributed by atoms with Crippen LogP contribution in [0.5, 0.6) is 0 Å². The maximum atomic E-state index is 5.91. The van der Waals surface area contributed by atoms with Gasteiger partial charge in [0.1, 0.15) is 5.82 Å². The summed E-state index contributed by atoms with van der Waals surface area (Å²) in [6, 6.07) is 6.25. The van der Waals surface area contributed by atoms with Gasteiger partial charge in [0.05, 0.1) is 17.7 Å². The first-order valence-corrected chi connectivity index (χ1v) is 9.60. The highest BCUT2D eigenvalue weighted by Crippen LogP contribution is 2.30. The highest BCUT2D eigenvalue weighted by Gasteiger charge is 2.25. The topological polar surface area (TPSA) is 50.6 Å². The number of fused-ring (bicyclic) bond motifs is 1. The second-order valence-electron chi connectivity index (χ2n) is 7.28. The molecule has 0 aliphatic carbocycles. The molecule has 1 aliphatic heterocycles. The summed E-state index contributed by atoms with van der Waals surface area (Å²) < 4.78 is 5.91. The third-order valence-electron chi connectivity index (χ3n) is 4.79. The summed E-state index contributed by atoms with van der Waals surface area (Å²) in [5, 5.41) is 1.03. The van der Waals surface area contributed by atoms with Crippen molar-refractivity contribution in [2.24, 2.45) is 4.99 Å². The molecule has 1 fully saturated rings. The van der Waals surface area contributed by atoms with Crippen molar-refractivity contribution in [1.82, 2.24) is 9.97 Å². The fourth-order valence-corrected chi connectivity index (χ4v) is 3.58. The van der Waals surface area contributed by atoms with E-state index in [0.29, 0.717) is 5.82 Å². The van der Waals surface area contributed by atoms with Gasteiger partial charge in [-0.05, 0) is 57.7 Å². The van der Waals surface area contributed by atoms with E-state index in [4.69, 9.17) is 14.7 Å². The lowest BCUT2D eigenvalue weighted by Crippen LogP contribution is -2.46. The molecule has 2 atom stereocenters. The molecule has 5 nitrogen and oxygen atoms in total. The lowest BCUT2D eigenvalue weighted by molar-refractivity contribution is -0.00537. The van der Waals surface area contributed by atoms with E-state index >= 15 is 0 Å². The van der Waals surface area contributed by atoms with Crippen LogP contribution in [0.25, 0.3) is 22.0 Å². The van der Waals surface area contributed by atoms with Crippen molar-refractivity contribution >= 4 is 34.6 Å². The largest absolute Gasteiger partial charge is 0.372 e. The zero-order valence-corrected chi connectivity index (χ0v) is 17.1. The summed E-state index contributed by atoms with van der Waals surface area (Å²) in [5.74, 6) is 1.58. The van der Waals surface area contributed by atoms with E-state index in [1.807, 2.05) is 26.0 Å². The molecule has 0 radical (unpaired) electrons. The summed E-state index contributed by atoms with van der Waals surface area (Å²) in [4.78, 5) is 15.9. The Morgan fingerprint density at radius 1 is 1.25 bits per heavy atom. The molecule has 1 saturated heterocycles. The van der Waals surface area contributed by atoms with Crippen LogP contribution in [0.4, 0.5) is 5.82 Å². The standard InChI is InChI=1S/C23H28N4O/c1-7-8-15(2)22-25-21-11-19(16(3)12-24-6)9-10-20(21)23(26-22)27-13-17(4)28-18(5)14-27/h7-12,17-18H,2,6,13-14H2,1,3-5H3. The minimum Gasteiger partial charge on any atom is -0.372 e. The Morgan fingerprint density at radius 3 is 2.61 bits per heavy atom. The molecule has 2 unspecified atom stereocenters.